The number of nitrogens with zero attached hydrogens (tertiary/aromatic N) is 2. The maximum absolute atomic E-state index is 13.0. The Balaban J connectivity index is 1.76. The molecule has 27 heavy (non-hydrogen) atoms. The van der Waals surface area contributed by atoms with Crippen molar-refractivity contribution in [3.8, 4) is 0 Å². The lowest BCUT2D eigenvalue weighted by atomic mass is 10.1. The molecule has 1 fully saturated rings. The first-order chi connectivity index (χ1) is 13.1. The van der Waals surface area contributed by atoms with Gasteiger partial charge in [-0.1, -0.05) is 56.3 Å². The van der Waals surface area contributed by atoms with Crippen LogP contribution in [-0.2, 0) is 17.8 Å². The third-order valence-corrected chi connectivity index (χ3v) is 5.35. The number of benzene rings is 2. The van der Waals surface area contributed by atoms with E-state index in [1.165, 1.54) is 5.56 Å². The average Bonchev–Trinajstić information content (AvgIpc) is 2.87. The molecule has 0 spiro atoms. The van der Waals surface area contributed by atoms with Crippen LogP contribution in [0.4, 0.5) is 0 Å². The first-order valence-corrected chi connectivity index (χ1v) is 9.84. The lowest BCUT2D eigenvalue weighted by molar-refractivity contribution is -0.133. The number of carbonyl (C=O) groups excluding carboxylic acids is 2. The SMILES string of the molecule is CCc1ccc(C(=O)N2CCC(=O)N(Cc3ccccc3)[C@H](CC)C2)cc1. The Morgan fingerprint density at radius 2 is 1.70 bits per heavy atom. The molecule has 1 saturated heterocycles. The molecule has 0 N–H and O–H groups in total. The van der Waals surface area contributed by atoms with Crippen LogP contribution in [0.3, 0.4) is 0 Å². The average molecular weight is 364 g/mol. The van der Waals surface area contributed by atoms with Gasteiger partial charge in [-0.2, -0.15) is 0 Å². The number of hydrogen-bond acceptors (Lipinski definition) is 2. The Morgan fingerprint density at radius 1 is 1.00 bits per heavy atom. The molecular weight excluding hydrogens is 336 g/mol. The molecule has 4 heteroatoms. The third kappa shape index (κ3) is 4.57. The second-order valence-corrected chi connectivity index (χ2v) is 7.12. The molecule has 3 rings (SSSR count). The molecule has 4 nitrogen and oxygen atoms in total. The van der Waals surface area contributed by atoms with Crippen molar-refractivity contribution in [2.75, 3.05) is 13.1 Å². The molecule has 142 valence electrons. The largest absolute Gasteiger partial charge is 0.336 e. The van der Waals surface area contributed by atoms with Gasteiger partial charge in [0.15, 0.2) is 0 Å². The summed E-state index contributed by atoms with van der Waals surface area (Å²) in [5.74, 6) is 0.146. The summed E-state index contributed by atoms with van der Waals surface area (Å²) in [4.78, 5) is 29.5. The van der Waals surface area contributed by atoms with Gasteiger partial charge in [0.05, 0.1) is 0 Å². The van der Waals surface area contributed by atoms with Crippen LogP contribution in [0, 0.1) is 0 Å². The fraction of sp³-hybridized carbons (Fsp3) is 0.391. The van der Waals surface area contributed by atoms with Crippen LogP contribution in [0.5, 0.6) is 0 Å². The van der Waals surface area contributed by atoms with Crippen LogP contribution < -0.4 is 0 Å². The predicted octanol–water partition coefficient (Wildman–Crippen LogP) is 3.90. The van der Waals surface area contributed by atoms with E-state index < -0.39 is 0 Å². The molecule has 0 aliphatic carbocycles. The molecule has 0 aromatic heterocycles. The number of aryl methyl sites for hydroxylation is 1. The van der Waals surface area contributed by atoms with Crippen molar-refractivity contribution in [2.24, 2.45) is 0 Å². The minimum atomic E-state index is 0.0189. The van der Waals surface area contributed by atoms with E-state index in [0.29, 0.717) is 31.6 Å². The topological polar surface area (TPSA) is 40.6 Å². The number of amides is 2. The highest BCUT2D eigenvalue weighted by atomic mass is 16.2. The lowest BCUT2D eigenvalue weighted by Crippen LogP contribution is -2.43. The number of rotatable bonds is 5. The van der Waals surface area contributed by atoms with Gasteiger partial charge in [-0.3, -0.25) is 9.59 Å². The molecule has 1 heterocycles. The van der Waals surface area contributed by atoms with Crippen molar-refractivity contribution < 1.29 is 9.59 Å². The maximum Gasteiger partial charge on any atom is 0.253 e. The van der Waals surface area contributed by atoms with Crippen molar-refractivity contribution in [1.82, 2.24) is 9.80 Å². The van der Waals surface area contributed by atoms with E-state index in [1.54, 1.807) is 0 Å². The van der Waals surface area contributed by atoms with Crippen LogP contribution in [0.25, 0.3) is 0 Å². The molecule has 1 aliphatic heterocycles. The highest BCUT2D eigenvalue weighted by molar-refractivity contribution is 5.94. The zero-order valence-corrected chi connectivity index (χ0v) is 16.2. The van der Waals surface area contributed by atoms with E-state index in [0.717, 1.165) is 18.4 Å². The maximum atomic E-state index is 13.0. The Bertz CT molecular complexity index is 771. The van der Waals surface area contributed by atoms with Gasteiger partial charge in [-0.05, 0) is 36.1 Å². The van der Waals surface area contributed by atoms with E-state index in [4.69, 9.17) is 0 Å². The van der Waals surface area contributed by atoms with Crippen molar-refractivity contribution in [1.29, 1.82) is 0 Å². The van der Waals surface area contributed by atoms with Gasteiger partial charge in [0.2, 0.25) is 5.91 Å². The summed E-state index contributed by atoms with van der Waals surface area (Å²) in [7, 11) is 0. The molecule has 0 saturated carbocycles. The zero-order chi connectivity index (χ0) is 19.2. The van der Waals surface area contributed by atoms with Crippen LogP contribution in [0.1, 0.15) is 48.2 Å². The summed E-state index contributed by atoms with van der Waals surface area (Å²) < 4.78 is 0. The minimum absolute atomic E-state index is 0.0189. The van der Waals surface area contributed by atoms with E-state index in [2.05, 4.69) is 13.8 Å². The van der Waals surface area contributed by atoms with Crippen molar-refractivity contribution in [2.45, 2.75) is 45.7 Å². The zero-order valence-electron chi connectivity index (χ0n) is 16.2. The Labute approximate surface area is 161 Å². The van der Waals surface area contributed by atoms with Crippen LogP contribution >= 0.6 is 0 Å². The van der Waals surface area contributed by atoms with Gasteiger partial charge in [-0.25, -0.2) is 0 Å². The van der Waals surface area contributed by atoms with Gasteiger partial charge < -0.3 is 9.80 Å². The van der Waals surface area contributed by atoms with Gasteiger partial charge >= 0.3 is 0 Å². The second kappa shape index (κ2) is 8.85. The van der Waals surface area contributed by atoms with Crippen molar-refractivity contribution >= 4 is 11.8 Å². The van der Waals surface area contributed by atoms with Gasteiger partial charge in [0.1, 0.15) is 0 Å². The summed E-state index contributed by atoms with van der Waals surface area (Å²) in [6, 6.07) is 17.9. The first kappa shape index (κ1) is 19.2. The van der Waals surface area contributed by atoms with Gasteiger partial charge in [0.25, 0.3) is 5.91 Å². The standard InChI is InChI=1S/C23H28N2O2/c1-3-18-10-12-20(13-11-18)23(27)24-15-14-22(26)25(21(4-2)17-24)16-19-8-6-5-7-9-19/h5-13,21H,3-4,14-17H2,1-2H3/t21-/m1/s1. The Hall–Kier alpha value is -2.62. The van der Waals surface area contributed by atoms with E-state index >= 15 is 0 Å². The van der Waals surface area contributed by atoms with Crippen molar-refractivity contribution in [3.63, 3.8) is 0 Å². The fourth-order valence-corrected chi connectivity index (χ4v) is 3.62. The smallest absolute Gasteiger partial charge is 0.253 e. The van der Waals surface area contributed by atoms with Gasteiger partial charge in [0, 0.05) is 37.7 Å². The molecule has 2 aromatic rings. The molecule has 2 aromatic carbocycles. The van der Waals surface area contributed by atoms with Crippen LogP contribution in [0.2, 0.25) is 0 Å². The van der Waals surface area contributed by atoms with Gasteiger partial charge in [-0.15, -0.1) is 0 Å². The van der Waals surface area contributed by atoms with E-state index in [-0.39, 0.29) is 17.9 Å². The Kier molecular flexibility index (Phi) is 6.28. The minimum Gasteiger partial charge on any atom is -0.336 e. The molecule has 0 bridgehead atoms. The molecular formula is C23H28N2O2. The second-order valence-electron chi connectivity index (χ2n) is 7.12. The molecule has 2 amide bonds. The Morgan fingerprint density at radius 3 is 2.33 bits per heavy atom. The quantitative estimate of drug-likeness (QED) is 0.807. The first-order valence-electron chi connectivity index (χ1n) is 9.84. The molecule has 0 unspecified atom stereocenters. The summed E-state index contributed by atoms with van der Waals surface area (Å²) in [5, 5.41) is 0. The van der Waals surface area contributed by atoms with E-state index in [1.807, 2.05) is 64.4 Å². The fourth-order valence-electron chi connectivity index (χ4n) is 3.62. The normalized spacial score (nSPS) is 17.7. The molecule has 1 aliphatic rings. The summed E-state index contributed by atoms with van der Waals surface area (Å²) in [6.07, 6.45) is 2.16. The number of carbonyl (C=O) groups is 2. The highest BCUT2D eigenvalue weighted by Gasteiger charge is 2.31. The molecule has 0 radical (unpaired) electrons. The predicted molar refractivity (Wildman–Crippen MR) is 107 cm³/mol. The summed E-state index contributed by atoms with van der Waals surface area (Å²) in [6.45, 7) is 5.86. The summed E-state index contributed by atoms with van der Waals surface area (Å²) >= 11 is 0. The van der Waals surface area contributed by atoms with E-state index in [9.17, 15) is 9.59 Å². The molecule has 1 atom stereocenters. The number of hydrogen-bond donors (Lipinski definition) is 0. The van der Waals surface area contributed by atoms with Crippen molar-refractivity contribution in [3.05, 3.63) is 71.3 Å². The monoisotopic (exact) mass is 364 g/mol. The summed E-state index contributed by atoms with van der Waals surface area (Å²) in [5.41, 5.74) is 3.04. The van der Waals surface area contributed by atoms with Crippen LogP contribution in [-0.4, -0.2) is 40.7 Å². The highest BCUT2D eigenvalue weighted by Crippen LogP contribution is 2.19. The third-order valence-electron chi connectivity index (χ3n) is 5.35. The van der Waals surface area contributed by atoms with Crippen LogP contribution in [0.15, 0.2) is 54.6 Å². The lowest BCUT2D eigenvalue weighted by Gasteiger charge is -2.31.